The van der Waals surface area contributed by atoms with Crippen LogP contribution in [0.15, 0.2) is 0 Å². The molecule has 17 heavy (non-hydrogen) atoms. The molecule has 0 aliphatic carbocycles. The van der Waals surface area contributed by atoms with Crippen LogP contribution in [-0.2, 0) is 19.1 Å². The average Bonchev–Trinajstić information content (AvgIpc) is 2.27. The summed E-state index contributed by atoms with van der Waals surface area (Å²) < 4.78 is 9.87. The summed E-state index contributed by atoms with van der Waals surface area (Å²) in [6.07, 6.45) is 0. The number of hydrogen-bond donors (Lipinski definition) is 2. The summed E-state index contributed by atoms with van der Waals surface area (Å²) in [7, 11) is 1.47. The first-order valence-corrected chi connectivity index (χ1v) is 5.69. The van der Waals surface area contributed by atoms with Gasteiger partial charge in [0.15, 0.2) is 0 Å². The van der Waals surface area contributed by atoms with Crippen molar-refractivity contribution in [3.63, 3.8) is 0 Å². The number of rotatable bonds is 9. The van der Waals surface area contributed by atoms with Crippen LogP contribution in [0.25, 0.3) is 0 Å². The number of ether oxygens (including phenoxy) is 2. The SMILES string of the molecule is COCC(=O)NCCOCCNC(=O)C(C)C. The van der Waals surface area contributed by atoms with Gasteiger partial charge in [-0.15, -0.1) is 0 Å². The maximum Gasteiger partial charge on any atom is 0.246 e. The molecule has 0 aliphatic heterocycles. The zero-order chi connectivity index (χ0) is 13.1. The maximum absolute atomic E-state index is 11.2. The molecule has 0 atom stereocenters. The van der Waals surface area contributed by atoms with E-state index in [4.69, 9.17) is 4.74 Å². The van der Waals surface area contributed by atoms with E-state index in [2.05, 4.69) is 15.4 Å². The Labute approximate surface area is 102 Å². The van der Waals surface area contributed by atoms with E-state index >= 15 is 0 Å². The molecule has 6 heteroatoms. The summed E-state index contributed by atoms with van der Waals surface area (Å²) in [5.74, 6) is -0.158. The van der Waals surface area contributed by atoms with Crippen molar-refractivity contribution >= 4 is 11.8 Å². The fourth-order valence-corrected chi connectivity index (χ4v) is 0.997. The zero-order valence-electron chi connectivity index (χ0n) is 10.7. The molecule has 0 saturated heterocycles. The standard InChI is InChI=1S/C11H22N2O4/c1-9(2)11(15)13-5-7-17-6-4-12-10(14)8-16-3/h9H,4-8H2,1-3H3,(H,12,14)(H,13,15). The molecule has 100 valence electrons. The Morgan fingerprint density at radius 1 is 1.12 bits per heavy atom. The predicted molar refractivity (Wildman–Crippen MR) is 63.6 cm³/mol. The molecule has 0 aliphatic rings. The largest absolute Gasteiger partial charge is 0.378 e. The van der Waals surface area contributed by atoms with Crippen molar-refractivity contribution in [2.75, 3.05) is 40.0 Å². The van der Waals surface area contributed by atoms with Crippen LogP contribution in [0.4, 0.5) is 0 Å². The van der Waals surface area contributed by atoms with Crippen LogP contribution in [0, 0.1) is 5.92 Å². The second kappa shape index (κ2) is 10.0. The van der Waals surface area contributed by atoms with Crippen molar-refractivity contribution in [2.45, 2.75) is 13.8 Å². The van der Waals surface area contributed by atoms with E-state index in [-0.39, 0.29) is 24.3 Å². The predicted octanol–water partition coefficient (Wildman–Crippen LogP) is -0.462. The molecule has 0 saturated carbocycles. The van der Waals surface area contributed by atoms with Gasteiger partial charge in [-0.1, -0.05) is 13.8 Å². The molecule has 0 bridgehead atoms. The average molecular weight is 246 g/mol. The molecule has 2 N–H and O–H groups in total. The number of carbonyl (C=O) groups is 2. The fraction of sp³-hybridized carbons (Fsp3) is 0.818. The summed E-state index contributed by atoms with van der Waals surface area (Å²) in [6, 6.07) is 0. The Morgan fingerprint density at radius 3 is 2.24 bits per heavy atom. The number of carbonyl (C=O) groups excluding carboxylic acids is 2. The van der Waals surface area contributed by atoms with Crippen LogP contribution >= 0.6 is 0 Å². The van der Waals surface area contributed by atoms with Gasteiger partial charge in [0, 0.05) is 26.1 Å². The lowest BCUT2D eigenvalue weighted by molar-refractivity contribution is -0.125. The summed E-state index contributed by atoms with van der Waals surface area (Å²) in [6.45, 7) is 5.53. The maximum atomic E-state index is 11.2. The number of amides is 2. The highest BCUT2D eigenvalue weighted by Gasteiger charge is 2.04. The highest BCUT2D eigenvalue weighted by atomic mass is 16.5. The molecule has 0 fully saturated rings. The van der Waals surface area contributed by atoms with Crippen molar-refractivity contribution in [2.24, 2.45) is 5.92 Å². The summed E-state index contributed by atoms with van der Waals surface area (Å²) >= 11 is 0. The molecule has 0 aromatic carbocycles. The second-order valence-electron chi connectivity index (χ2n) is 3.84. The van der Waals surface area contributed by atoms with Gasteiger partial charge >= 0.3 is 0 Å². The molecular weight excluding hydrogens is 224 g/mol. The first kappa shape index (κ1) is 15.9. The monoisotopic (exact) mass is 246 g/mol. The van der Waals surface area contributed by atoms with Crippen molar-refractivity contribution in [1.82, 2.24) is 10.6 Å². The lowest BCUT2D eigenvalue weighted by Crippen LogP contribution is -2.33. The molecule has 2 amide bonds. The van der Waals surface area contributed by atoms with Crippen LogP contribution in [0.2, 0.25) is 0 Å². The number of hydrogen-bond acceptors (Lipinski definition) is 4. The van der Waals surface area contributed by atoms with Gasteiger partial charge in [0.1, 0.15) is 6.61 Å². The smallest absolute Gasteiger partial charge is 0.246 e. The third-order valence-electron chi connectivity index (χ3n) is 1.91. The third-order valence-corrected chi connectivity index (χ3v) is 1.91. The van der Waals surface area contributed by atoms with Gasteiger partial charge in [0.2, 0.25) is 11.8 Å². The van der Waals surface area contributed by atoms with Crippen LogP contribution in [-0.4, -0.2) is 51.8 Å². The summed E-state index contributed by atoms with van der Waals surface area (Å²) in [5, 5.41) is 5.36. The minimum atomic E-state index is -0.163. The number of nitrogens with one attached hydrogen (secondary N) is 2. The molecule has 0 rings (SSSR count). The topological polar surface area (TPSA) is 76.7 Å². The minimum absolute atomic E-state index is 0.0108. The van der Waals surface area contributed by atoms with Crippen molar-refractivity contribution in [3.05, 3.63) is 0 Å². The van der Waals surface area contributed by atoms with Gasteiger partial charge in [-0.3, -0.25) is 9.59 Å². The fourth-order valence-electron chi connectivity index (χ4n) is 0.997. The summed E-state index contributed by atoms with van der Waals surface area (Å²) in [5.41, 5.74) is 0. The van der Waals surface area contributed by atoms with E-state index in [1.807, 2.05) is 13.8 Å². The lowest BCUT2D eigenvalue weighted by Gasteiger charge is -2.08. The van der Waals surface area contributed by atoms with Crippen molar-refractivity contribution in [3.8, 4) is 0 Å². The molecule has 0 unspecified atom stereocenters. The van der Waals surface area contributed by atoms with Gasteiger partial charge < -0.3 is 20.1 Å². The third kappa shape index (κ3) is 9.77. The highest BCUT2D eigenvalue weighted by Crippen LogP contribution is 1.89. The Bertz CT molecular complexity index is 232. The lowest BCUT2D eigenvalue weighted by atomic mass is 10.2. The highest BCUT2D eigenvalue weighted by molar-refractivity contribution is 5.77. The Morgan fingerprint density at radius 2 is 1.71 bits per heavy atom. The molecule has 0 spiro atoms. The quantitative estimate of drug-likeness (QED) is 0.540. The van der Waals surface area contributed by atoms with Crippen LogP contribution in [0.1, 0.15) is 13.8 Å². The first-order chi connectivity index (χ1) is 8.07. The molecule has 0 aromatic rings. The second-order valence-corrected chi connectivity index (χ2v) is 3.84. The molecule has 0 heterocycles. The van der Waals surface area contributed by atoms with Crippen molar-refractivity contribution < 1.29 is 19.1 Å². The van der Waals surface area contributed by atoms with Gasteiger partial charge in [-0.05, 0) is 0 Å². The van der Waals surface area contributed by atoms with E-state index in [1.54, 1.807) is 0 Å². The van der Waals surface area contributed by atoms with E-state index in [0.29, 0.717) is 26.3 Å². The van der Waals surface area contributed by atoms with E-state index in [9.17, 15) is 9.59 Å². The molecule has 0 radical (unpaired) electrons. The first-order valence-electron chi connectivity index (χ1n) is 5.69. The van der Waals surface area contributed by atoms with Crippen molar-refractivity contribution in [1.29, 1.82) is 0 Å². The Kier molecular flexibility index (Phi) is 9.37. The Balaban J connectivity index is 3.24. The Hall–Kier alpha value is -1.14. The van der Waals surface area contributed by atoms with Crippen LogP contribution in [0.5, 0.6) is 0 Å². The van der Waals surface area contributed by atoms with E-state index in [1.165, 1.54) is 7.11 Å². The zero-order valence-corrected chi connectivity index (χ0v) is 10.7. The van der Waals surface area contributed by atoms with E-state index < -0.39 is 0 Å². The normalized spacial score (nSPS) is 10.4. The van der Waals surface area contributed by atoms with Gasteiger partial charge in [-0.2, -0.15) is 0 Å². The van der Waals surface area contributed by atoms with Gasteiger partial charge in [0.25, 0.3) is 0 Å². The van der Waals surface area contributed by atoms with Crippen LogP contribution < -0.4 is 10.6 Å². The molecular formula is C11H22N2O4. The van der Waals surface area contributed by atoms with Crippen LogP contribution in [0.3, 0.4) is 0 Å². The molecule has 6 nitrogen and oxygen atoms in total. The van der Waals surface area contributed by atoms with Gasteiger partial charge in [-0.25, -0.2) is 0 Å². The minimum Gasteiger partial charge on any atom is -0.378 e. The number of methoxy groups -OCH3 is 1. The van der Waals surface area contributed by atoms with Gasteiger partial charge in [0.05, 0.1) is 13.2 Å². The van der Waals surface area contributed by atoms with E-state index in [0.717, 1.165) is 0 Å². The summed E-state index contributed by atoms with van der Waals surface area (Å²) in [4.78, 5) is 22.1. The molecule has 0 aromatic heterocycles.